The number of nitrogen functional groups attached to an aromatic ring is 1. The number of nitrogens with zero attached hydrogens (tertiary/aromatic N) is 1. The molecule has 0 aliphatic carbocycles. The molecule has 1 aromatic carbocycles. The van der Waals surface area contributed by atoms with Gasteiger partial charge in [-0.3, -0.25) is 9.89 Å². The van der Waals surface area contributed by atoms with Crippen molar-refractivity contribution in [3.8, 4) is 0 Å². The molecule has 0 bridgehead atoms. The average molecular weight is 258 g/mol. The third-order valence-electron chi connectivity index (χ3n) is 3.15. The van der Waals surface area contributed by atoms with Crippen LogP contribution >= 0.6 is 0 Å². The normalized spacial score (nSPS) is 12.1. The molecule has 5 nitrogen and oxygen atoms in total. The van der Waals surface area contributed by atoms with E-state index in [4.69, 9.17) is 5.73 Å². The second-order valence-corrected chi connectivity index (χ2v) is 4.50. The standard InChI is InChI=1S/C14H18N4O/c1-3-10-8-16-18-13(10)17-14(19)9(2)11-5-4-6-12(15)7-11/h4-9H,3,15H2,1-2H3,(H2,16,17,18,19). The quantitative estimate of drug-likeness (QED) is 0.736. The Kier molecular flexibility index (Phi) is 3.85. The van der Waals surface area contributed by atoms with Crippen molar-refractivity contribution >= 4 is 17.4 Å². The number of carbonyl (C=O) groups excluding carboxylic acids is 1. The Hall–Kier alpha value is -2.30. The number of aromatic nitrogens is 2. The van der Waals surface area contributed by atoms with E-state index in [1.807, 2.05) is 32.0 Å². The van der Waals surface area contributed by atoms with Crippen LogP contribution in [0.3, 0.4) is 0 Å². The molecule has 1 atom stereocenters. The molecule has 1 heterocycles. The van der Waals surface area contributed by atoms with Gasteiger partial charge in [0.25, 0.3) is 0 Å². The topological polar surface area (TPSA) is 83.8 Å². The van der Waals surface area contributed by atoms with Crippen LogP contribution in [0.15, 0.2) is 30.5 Å². The molecular formula is C14H18N4O. The van der Waals surface area contributed by atoms with Crippen molar-refractivity contribution in [2.24, 2.45) is 0 Å². The van der Waals surface area contributed by atoms with Gasteiger partial charge in [-0.15, -0.1) is 0 Å². The first-order chi connectivity index (χ1) is 9.11. The molecule has 0 aliphatic rings. The number of aryl methyl sites for hydroxylation is 1. The summed E-state index contributed by atoms with van der Waals surface area (Å²) in [6, 6.07) is 7.37. The fraction of sp³-hybridized carbons (Fsp3) is 0.286. The number of anilines is 2. The van der Waals surface area contributed by atoms with Gasteiger partial charge in [0.15, 0.2) is 0 Å². The van der Waals surface area contributed by atoms with E-state index in [1.165, 1.54) is 0 Å². The molecule has 0 aliphatic heterocycles. The van der Waals surface area contributed by atoms with Crippen molar-refractivity contribution in [2.75, 3.05) is 11.1 Å². The van der Waals surface area contributed by atoms with Gasteiger partial charge >= 0.3 is 0 Å². The molecular weight excluding hydrogens is 240 g/mol. The highest BCUT2D eigenvalue weighted by molar-refractivity contribution is 5.95. The Labute approximate surface area is 112 Å². The summed E-state index contributed by atoms with van der Waals surface area (Å²) in [5.74, 6) is 0.323. The number of hydrogen-bond donors (Lipinski definition) is 3. The summed E-state index contributed by atoms with van der Waals surface area (Å²) in [5, 5.41) is 9.59. The number of nitrogens with two attached hydrogens (primary N) is 1. The lowest BCUT2D eigenvalue weighted by atomic mass is 10.00. The summed E-state index contributed by atoms with van der Waals surface area (Å²) in [6.45, 7) is 3.87. The Morgan fingerprint density at radius 1 is 1.53 bits per heavy atom. The average Bonchev–Trinajstić information content (AvgIpc) is 2.85. The van der Waals surface area contributed by atoms with Crippen LogP contribution in [0.2, 0.25) is 0 Å². The van der Waals surface area contributed by atoms with Gasteiger partial charge in [-0.05, 0) is 31.0 Å². The predicted molar refractivity (Wildman–Crippen MR) is 75.9 cm³/mol. The summed E-state index contributed by atoms with van der Waals surface area (Å²) >= 11 is 0. The second-order valence-electron chi connectivity index (χ2n) is 4.50. The lowest BCUT2D eigenvalue weighted by molar-refractivity contribution is -0.117. The van der Waals surface area contributed by atoms with E-state index >= 15 is 0 Å². The largest absolute Gasteiger partial charge is 0.399 e. The second kappa shape index (κ2) is 5.56. The maximum atomic E-state index is 12.2. The number of hydrogen-bond acceptors (Lipinski definition) is 3. The van der Waals surface area contributed by atoms with E-state index in [2.05, 4.69) is 15.5 Å². The zero-order valence-electron chi connectivity index (χ0n) is 11.1. The van der Waals surface area contributed by atoms with E-state index < -0.39 is 0 Å². The first-order valence-electron chi connectivity index (χ1n) is 6.30. The van der Waals surface area contributed by atoms with E-state index in [-0.39, 0.29) is 11.8 Å². The Bertz CT molecular complexity index is 576. The monoisotopic (exact) mass is 258 g/mol. The third kappa shape index (κ3) is 2.93. The lowest BCUT2D eigenvalue weighted by Gasteiger charge is -2.12. The Balaban J connectivity index is 2.12. The van der Waals surface area contributed by atoms with E-state index in [0.717, 1.165) is 17.5 Å². The highest BCUT2D eigenvalue weighted by atomic mass is 16.1. The van der Waals surface area contributed by atoms with Crippen molar-refractivity contribution in [1.29, 1.82) is 0 Å². The number of amides is 1. The number of nitrogens with one attached hydrogen (secondary N) is 2. The van der Waals surface area contributed by atoms with Crippen LogP contribution in [0, 0.1) is 0 Å². The molecule has 4 N–H and O–H groups in total. The van der Waals surface area contributed by atoms with Gasteiger partial charge in [0.05, 0.1) is 12.1 Å². The van der Waals surface area contributed by atoms with Crippen molar-refractivity contribution in [3.05, 3.63) is 41.6 Å². The first kappa shape index (κ1) is 13.1. The van der Waals surface area contributed by atoms with E-state index in [1.54, 1.807) is 12.3 Å². The molecule has 0 saturated heterocycles. The SMILES string of the molecule is CCc1cn[nH]c1NC(=O)C(C)c1cccc(N)c1. The van der Waals surface area contributed by atoms with Gasteiger partial charge in [0.2, 0.25) is 5.91 Å². The maximum Gasteiger partial charge on any atom is 0.232 e. The molecule has 5 heteroatoms. The zero-order chi connectivity index (χ0) is 13.8. The number of H-pyrrole nitrogens is 1. The maximum absolute atomic E-state index is 12.2. The van der Waals surface area contributed by atoms with Gasteiger partial charge in [-0.25, -0.2) is 0 Å². The van der Waals surface area contributed by atoms with Crippen LogP contribution < -0.4 is 11.1 Å². The molecule has 100 valence electrons. The van der Waals surface area contributed by atoms with Gasteiger partial charge in [0, 0.05) is 11.3 Å². The van der Waals surface area contributed by atoms with Gasteiger partial charge < -0.3 is 11.1 Å². The third-order valence-corrected chi connectivity index (χ3v) is 3.15. The van der Waals surface area contributed by atoms with Crippen LogP contribution in [0.1, 0.15) is 30.9 Å². The predicted octanol–water partition coefficient (Wildman–Crippen LogP) is 2.30. The zero-order valence-corrected chi connectivity index (χ0v) is 11.1. The summed E-state index contributed by atoms with van der Waals surface area (Å²) in [6.07, 6.45) is 2.54. The molecule has 1 aromatic heterocycles. The summed E-state index contributed by atoms with van der Waals surface area (Å²) in [7, 11) is 0. The molecule has 0 spiro atoms. The molecule has 1 unspecified atom stereocenters. The number of benzene rings is 1. The fourth-order valence-corrected chi connectivity index (χ4v) is 1.90. The van der Waals surface area contributed by atoms with Crippen LogP contribution in [0.5, 0.6) is 0 Å². The van der Waals surface area contributed by atoms with Crippen molar-refractivity contribution < 1.29 is 4.79 Å². The van der Waals surface area contributed by atoms with E-state index in [9.17, 15) is 4.79 Å². The van der Waals surface area contributed by atoms with Gasteiger partial charge in [0.1, 0.15) is 5.82 Å². The van der Waals surface area contributed by atoms with E-state index in [0.29, 0.717) is 11.5 Å². The molecule has 2 aromatic rings. The van der Waals surface area contributed by atoms with Crippen molar-refractivity contribution in [2.45, 2.75) is 26.2 Å². The highest BCUT2D eigenvalue weighted by Crippen LogP contribution is 2.20. The number of carbonyl (C=O) groups is 1. The van der Waals surface area contributed by atoms with Crippen molar-refractivity contribution in [3.63, 3.8) is 0 Å². The summed E-state index contributed by atoms with van der Waals surface area (Å²) in [4.78, 5) is 12.2. The molecule has 2 rings (SSSR count). The molecule has 0 radical (unpaired) electrons. The van der Waals surface area contributed by atoms with Gasteiger partial charge in [-0.1, -0.05) is 19.1 Å². The minimum Gasteiger partial charge on any atom is -0.399 e. The van der Waals surface area contributed by atoms with Crippen LogP contribution in [0.25, 0.3) is 0 Å². The molecule has 1 amide bonds. The van der Waals surface area contributed by atoms with Crippen LogP contribution in [-0.2, 0) is 11.2 Å². The molecule has 19 heavy (non-hydrogen) atoms. The van der Waals surface area contributed by atoms with Crippen molar-refractivity contribution in [1.82, 2.24) is 10.2 Å². The number of rotatable bonds is 4. The Morgan fingerprint density at radius 3 is 3.00 bits per heavy atom. The first-order valence-corrected chi connectivity index (χ1v) is 6.30. The summed E-state index contributed by atoms with van der Waals surface area (Å²) < 4.78 is 0. The van der Waals surface area contributed by atoms with Gasteiger partial charge in [-0.2, -0.15) is 5.10 Å². The van der Waals surface area contributed by atoms with Crippen LogP contribution in [-0.4, -0.2) is 16.1 Å². The minimum atomic E-state index is -0.267. The number of aromatic amines is 1. The minimum absolute atomic E-state index is 0.0791. The lowest BCUT2D eigenvalue weighted by Crippen LogP contribution is -2.19. The summed E-state index contributed by atoms with van der Waals surface area (Å²) in [5.41, 5.74) is 8.28. The fourth-order valence-electron chi connectivity index (χ4n) is 1.90. The smallest absolute Gasteiger partial charge is 0.232 e. The highest BCUT2D eigenvalue weighted by Gasteiger charge is 2.17. The molecule has 0 saturated carbocycles. The van der Waals surface area contributed by atoms with Crippen LogP contribution in [0.4, 0.5) is 11.5 Å². The molecule has 0 fully saturated rings. The Morgan fingerprint density at radius 2 is 2.32 bits per heavy atom.